The Morgan fingerprint density at radius 2 is 2.05 bits per heavy atom. The largest absolute Gasteiger partial charge is 0.433 e. The van der Waals surface area contributed by atoms with Gasteiger partial charge in [-0.3, -0.25) is 4.79 Å². The molecule has 1 aromatic heterocycles. The quantitative estimate of drug-likeness (QED) is 0.888. The number of hydrogen-bond acceptors (Lipinski definition) is 4. The lowest BCUT2D eigenvalue weighted by molar-refractivity contribution is -0.141. The number of likely N-dealkylation sites (tertiary alicyclic amines) is 1. The van der Waals surface area contributed by atoms with Crippen LogP contribution in [-0.4, -0.2) is 35.4 Å². The van der Waals surface area contributed by atoms with Crippen LogP contribution in [0.2, 0.25) is 0 Å². The number of pyridine rings is 1. The summed E-state index contributed by atoms with van der Waals surface area (Å²) in [5, 5.41) is 2.65. The van der Waals surface area contributed by atoms with Crippen molar-refractivity contribution in [3.63, 3.8) is 0 Å². The third-order valence-electron chi connectivity index (χ3n) is 3.11. The monoisotopic (exact) mass is 288 g/mol. The first-order chi connectivity index (χ1) is 9.38. The van der Waals surface area contributed by atoms with Crippen LogP contribution in [0.3, 0.4) is 0 Å². The molecule has 0 aliphatic carbocycles. The summed E-state index contributed by atoms with van der Waals surface area (Å²) in [5.74, 6) is -0.146. The molecule has 0 atom stereocenters. The zero-order valence-corrected chi connectivity index (χ0v) is 10.7. The highest BCUT2D eigenvalue weighted by molar-refractivity contribution is 5.82. The van der Waals surface area contributed by atoms with E-state index in [1.165, 1.54) is 0 Å². The molecule has 0 aromatic carbocycles. The average Bonchev–Trinajstić information content (AvgIpc) is 2.90. The molecule has 1 aliphatic rings. The first-order valence-corrected chi connectivity index (χ1v) is 6.22. The highest BCUT2D eigenvalue weighted by Crippen LogP contribution is 2.30. The SMILES string of the molecule is Nc1cnc(C(F)(F)F)cc1NCC(=O)N1CCCC1. The minimum Gasteiger partial charge on any atom is -0.396 e. The normalized spacial score (nSPS) is 15.4. The van der Waals surface area contributed by atoms with E-state index < -0.39 is 11.9 Å². The van der Waals surface area contributed by atoms with Gasteiger partial charge in [0.05, 0.1) is 24.1 Å². The van der Waals surface area contributed by atoms with Crippen LogP contribution in [0.4, 0.5) is 24.5 Å². The molecule has 1 fully saturated rings. The summed E-state index contributed by atoms with van der Waals surface area (Å²) in [6.45, 7) is 1.31. The number of nitrogens with zero attached hydrogens (tertiary/aromatic N) is 2. The summed E-state index contributed by atoms with van der Waals surface area (Å²) in [6, 6.07) is 0.812. The fourth-order valence-electron chi connectivity index (χ4n) is 2.02. The van der Waals surface area contributed by atoms with Crippen LogP contribution in [0.5, 0.6) is 0 Å². The van der Waals surface area contributed by atoms with Crippen LogP contribution in [0.1, 0.15) is 18.5 Å². The molecule has 8 heteroatoms. The maximum absolute atomic E-state index is 12.5. The summed E-state index contributed by atoms with van der Waals surface area (Å²) in [6.07, 6.45) is -1.68. The van der Waals surface area contributed by atoms with Crippen LogP contribution in [0, 0.1) is 0 Å². The number of aromatic nitrogens is 1. The van der Waals surface area contributed by atoms with E-state index in [1.807, 2.05) is 0 Å². The van der Waals surface area contributed by atoms with Gasteiger partial charge in [0, 0.05) is 13.1 Å². The molecule has 2 heterocycles. The van der Waals surface area contributed by atoms with E-state index in [4.69, 9.17) is 5.73 Å². The van der Waals surface area contributed by atoms with Gasteiger partial charge >= 0.3 is 6.18 Å². The number of alkyl halides is 3. The summed E-state index contributed by atoms with van der Waals surface area (Å²) in [5.41, 5.74) is 4.66. The number of halogens is 3. The van der Waals surface area contributed by atoms with E-state index in [2.05, 4.69) is 10.3 Å². The number of nitrogens with one attached hydrogen (secondary N) is 1. The number of carbonyl (C=O) groups is 1. The van der Waals surface area contributed by atoms with Gasteiger partial charge in [-0.2, -0.15) is 13.2 Å². The van der Waals surface area contributed by atoms with Crippen molar-refractivity contribution in [3.8, 4) is 0 Å². The van der Waals surface area contributed by atoms with Gasteiger partial charge in [-0.15, -0.1) is 0 Å². The Bertz CT molecular complexity index is 498. The second kappa shape index (κ2) is 5.56. The smallest absolute Gasteiger partial charge is 0.396 e. The Morgan fingerprint density at radius 1 is 1.40 bits per heavy atom. The highest BCUT2D eigenvalue weighted by atomic mass is 19.4. The van der Waals surface area contributed by atoms with E-state index in [0.717, 1.165) is 25.1 Å². The summed E-state index contributed by atoms with van der Waals surface area (Å²) < 4.78 is 37.6. The molecule has 1 amide bonds. The third kappa shape index (κ3) is 3.31. The molecule has 2 rings (SSSR count). The van der Waals surface area contributed by atoms with Gasteiger partial charge in [0.25, 0.3) is 0 Å². The predicted molar refractivity (Wildman–Crippen MR) is 68.0 cm³/mol. The fourth-order valence-corrected chi connectivity index (χ4v) is 2.02. The standard InChI is InChI=1S/C12H15F3N4O/c13-12(14,15)10-5-9(8(16)6-18-10)17-7-11(20)19-3-1-2-4-19/h5-6H,1-4,7,16H2,(H,17,18). The number of nitrogens with two attached hydrogens (primary N) is 1. The van der Waals surface area contributed by atoms with Crippen LogP contribution < -0.4 is 11.1 Å². The number of nitrogen functional groups attached to an aromatic ring is 1. The molecule has 1 saturated heterocycles. The molecule has 0 saturated carbocycles. The van der Waals surface area contributed by atoms with Gasteiger partial charge in [-0.1, -0.05) is 0 Å². The summed E-state index contributed by atoms with van der Waals surface area (Å²) in [7, 11) is 0. The molecule has 1 aromatic rings. The average molecular weight is 288 g/mol. The maximum Gasteiger partial charge on any atom is 0.433 e. The molecular weight excluding hydrogens is 273 g/mol. The van der Waals surface area contributed by atoms with Crippen LogP contribution in [-0.2, 0) is 11.0 Å². The van der Waals surface area contributed by atoms with Crippen molar-refractivity contribution in [1.82, 2.24) is 9.88 Å². The first-order valence-electron chi connectivity index (χ1n) is 6.22. The van der Waals surface area contributed by atoms with Gasteiger partial charge in [0.2, 0.25) is 5.91 Å². The second-order valence-corrected chi connectivity index (χ2v) is 4.60. The Labute approximate surface area is 114 Å². The first kappa shape index (κ1) is 14.4. The third-order valence-corrected chi connectivity index (χ3v) is 3.11. The van der Waals surface area contributed by atoms with E-state index in [-0.39, 0.29) is 23.8 Å². The zero-order valence-electron chi connectivity index (χ0n) is 10.7. The van der Waals surface area contributed by atoms with Gasteiger partial charge in [-0.05, 0) is 18.9 Å². The Morgan fingerprint density at radius 3 is 2.65 bits per heavy atom. The van der Waals surface area contributed by atoms with Crippen molar-refractivity contribution in [2.24, 2.45) is 0 Å². The molecule has 0 spiro atoms. The number of amides is 1. The molecule has 5 nitrogen and oxygen atoms in total. The summed E-state index contributed by atoms with van der Waals surface area (Å²) in [4.78, 5) is 16.7. The lowest BCUT2D eigenvalue weighted by atomic mass is 10.2. The molecule has 0 radical (unpaired) electrons. The number of carbonyl (C=O) groups excluding carboxylic acids is 1. The van der Waals surface area contributed by atoms with Gasteiger partial charge in [-0.25, -0.2) is 4.98 Å². The van der Waals surface area contributed by atoms with Crippen molar-refractivity contribution >= 4 is 17.3 Å². The summed E-state index contributed by atoms with van der Waals surface area (Å²) >= 11 is 0. The zero-order chi connectivity index (χ0) is 14.8. The minimum atomic E-state index is -4.54. The molecule has 110 valence electrons. The molecule has 0 unspecified atom stereocenters. The van der Waals surface area contributed by atoms with Crippen molar-refractivity contribution in [3.05, 3.63) is 18.0 Å². The molecule has 20 heavy (non-hydrogen) atoms. The minimum absolute atomic E-state index is 0.0693. The van der Waals surface area contributed by atoms with E-state index in [9.17, 15) is 18.0 Å². The second-order valence-electron chi connectivity index (χ2n) is 4.60. The predicted octanol–water partition coefficient (Wildman–Crippen LogP) is 1.72. The van der Waals surface area contributed by atoms with Gasteiger partial charge in [0.1, 0.15) is 5.69 Å². The topological polar surface area (TPSA) is 71.2 Å². The number of hydrogen-bond donors (Lipinski definition) is 2. The van der Waals surface area contributed by atoms with Crippen molar-refractivity contribution in [2.75, 3.05) is 30.7 Å². The Hall–Kier alpha value is -1.99. The van der Waals surface area contributed by atoms with Crippen LogP contribution >= 0.6 is 0 Å². The molecule has 1 aliphatic heterocycles. The Balaban J connectivity index is 2.03. The molecule has 0 bridgehead atoms. The number of rotatable bonds is 3. The van der Waals surface area contributed by atoms with E-state index >= 15 is 0 Å². The number of anilines is 2. The fraction of sp³-hybridized carbons (Fsp3) is 0.500. The molecular formula is C12H15F3N4O. The van der Waals surface area contributed by atoms with Gasteiger partial charge < -0.3 is 16.0 Å². The van der Waals surface area contributed by atoms with Crippen LogP contribution in [0.25, 0.3) is 0 Å². The highest BCUT2D eigenvalue weighted by Gasteiger charge is 2.33. The van der Waals surface area contributed by atoms with Crippen molar-refractivity contribution < 1.29 is 18.0 Å². The van der Waals surface area contributed by atoms with E-state index in [0.29, 0.717) is 13.1 Å². The van der Waals surface area contributed by atoms with E-state index in [1.54, 1.807) is 4.90 Å². The van der Waals surface area contributed by atoms with Gasteiger partial charge in [0.15, 0.2) is 0 Å². The van der Waals surface area contributed by atoms with Crippen molar-refractivity contribution in [1.29, 1.82) is 0 Å². The van der Waals surface area contributed by atoms with Crippen molar-refractivity contribution in [2.45, 2.75) is 19.0 Å². The molecule has 3 N–H and O–H groups in total. The lowest BCUT2D eigenvalue weighted by Crippen LogP contribution is -2.33. The maximum atomic E-state index is 12.5. The Kier molecular flexibility index (Phi) is 4.01. The van der Waals surface area contributed by atoms with Crippen LogP contribution in [0.15, 0.2) is 12.3 Å². The lowest BCUT2D eigenvalue weighted by Gasteiger charge is -2.17.